The smallest absolute Gasteiger partial charge is 0.317 e. The van der Waals surface area contributed by atoms with Gasteiger partial charge in [-0.25, -0.2) is 4.79 Å². The summed E-state index contributed by atoms with van der Waals surface area (Å²) in [5.74, 6) is 1.23. The molecule has 1 aliphatic heterocycles. The van der Waals surface area contributed by atoms with Gasteiger partial charge in [0.25, 0.3) is 0 Å². The molecule has 2 aliphatic rings. The first kappa shape index (κ1) is 18.2. The van der Waals surface area contributed by atoms with Crippen molar-refractivity contribution >= 4 is 6.03 Å². The molecular formula is C20H31N3O2. The van der Waals surface area contributed by atoms with Gasteiger partial charge in [0.1, 0.15) is 0 Å². The number of carbonyl (C=O) groups is 1. The van der Waals surface area contributed by atoms with E-state index in [-0.39, 0.29) is 12.1 Å². The molecule has 0 spiro atoms. The molecule has 2 N–H and O–H groups in total. The maximum atomic E-state index is 12.4. The van der Waals surface area contributed by atoms with Crippen LogP contribution >= 0.6 is 0 Å². The van der Waals surface area contributed by atoms with Crippen molar-refractivity contribution in [2.75, 3.05) is 26.7 Å². The highest BCUT2D eigenvalue weighted by atomic mass is 16.3. The molecule has 138 valence electrons. The van der Waals surface area contributed by atoms with Crippen molar-refractivity contribution in [2.45, 2.75) is 44.9 Å². The summed E-state index contributed by atoms with van der Waals surface area (Å²) in [5.41, 5.74) is 1.36. The Morgan fingerprint density at radius 1 is 1.32 bits per heavy atom. The van der Waals surface area contributed by atoms with Gasteiger partial charge in [-0.05, 0) is 37.2 Å². The fourth-order valence-electron chi connectivity index (χ4n) is 4.46. The lowest BCUT2D eigenvalue weighted by Gasteiger charge is -2.34. The van der Waals surface area contributed by atoms with E-state index in [1.54, 1.807) is 18.9 Å². The van der Waals surface area contributed by atoms with Gasteiger partial charge in [-0.2, -0.15) is 0 Å². The number of fused-ring (bicyclic) bond motifs is 1. The highest BCUT2D eigenvalue weighted by Gasteiger charge is 2.40. The fraction of sp³-hybridized carbons (Fsp3) is 0.650. The summed E-state index contributed by atoms with van der Waals surface area (Å²) in [5, 5.41) is 12.7. The van der Waals surface area contributed by atoms with Crippen LogP contribution in [0.4, 0.5) is 4.79 Å². The molecule has 5 heteroatoms. The van der Waals surface area contributed by atoms with Gasteiger partial charge in [-0.3, -0.25) is 4.90 Å². The molecule has 4 atom stereocenters. The highest BCUT2D eigenvalue weighted by Crippen LogP contribution is 2.37. The number of aliphatic hydroxyl groups excluding tert-OH is 1. The Hall–Kier alpha value is -1.59. The first-order chi connectivity index (χ1) is 12.0. The minimum Gasteiger partial charge on any atom is -0.392 e. The number of likely N-dealkylation sites (N-methyl/N-ethyl adjacent to an activating group) is 1. The predicted molar refractivity (Wildman–Crippen MR) is 99.2 cm³/mol. The predicted octanol–water partition coefficient (Wildman–Crippen LogP) is 2.31. The van der Waals surface area contributed by atoms with Crippen LogP contribution in [0.5, 0.6) is 0 Å². The molecule has 2 amide bonds. The minimum atomic E-state index is -0.498. The molecule has 1 aliphatic carbocycles. The number of hydrogen-bond acceptors (Lipinski definition) is 3. The zero-order valence-corrected chi connectivity index (χ0v) is 15.4. The Morgan fingerprint density at radius 2 is 2.08 bits per heavy atom. The van der Waals surface area contributed by atoms with E-state index in [1.807, 2.05) is 0 Å². The number of nitrogens with zero attached hydrogens (tertiary/aromatic N) is 2. The van der Waals surface area contributed by atoms with Gasteiger partial charge in [-0.1, -0.05) is 36.8 Å². The van der Waals surface area contributed by atoms with Crippen molar-refractivity contribution in [3.05, 3.63) is 35.9 Å². The summed E-state index contributed by atoms with van der Waals surface area (Å²) < 4.78 is 0. The standard InChI is InChI=1S/C20H31N3O2/c1-15(24)11-22(2)20(25)21-19-10-6-9-17-13-23(14-18(17)19)12-16-7-4-3-5-8-16/h3-5,7-8,15,17-19,24H,6,9-14H2,1-2H3,(H,21,25)/t15-,17+,18-,19+/m0/s1. The zero-order chi connectivity index (χ0) is 17.8. The molecule has 1 aromatic carbocycles. The Kier molecular flexibility index (Phi) is 5.97. The van der Waals surface area contributed by atoms with Gasteiger partial charge >= 0.3 is 6.03 Å². The molecule has 1 saturated carbocycles. The molecule has 0 radical (unpaired) electrons. The van der Waals surface area contributed by atoms with Crippen molar-refractivity contribution in [1.29, 1.82) is 0 Å². The molecule has 1 aromatic rings. The maximum absolute atomic E-state index is 12.4. The molecular weight excluding hydrogens is 314 g/mol. The van der Waals surface area contributed by atoms with Crippen LogP contribution in [0.15, 0.2) is 30.3 Å². The molecule has 0 aromatic heterocycles. The third kappa shape index (κ3) is 4.73. The van der Waals surface area contributed by atoms with E-state index < -0.39 is 6.10 Å². The van der Waals surface area contributed by atoms with Crippen LogP contribution in [0.25, 0.3) is 0 Å². The summed E-state index contributed by atoms with van der Waals surface area (Å²) in [7, 11) is 1.75. The summed E-state index contributed by atoms with van der Waals surface area (Å²) in [6, 6.07) is 10.8. The number of urea groups is 1. The second-order valence-corrected chi connectivity index (χ2v) is 7.82. The molecule has 0 unspecified atom stereocenters. The van der Waals surface area contributed by atoms with Crippen LogP contribution in [0.3, 0.4) is 0 Å². The lowest BCUT2D eigenvalue weighted by Crippen LogP contribution is -2.50. The van der Waals surface area contributed by atoms with Crippen LogP contribution in [-0.2, 0) is 6.54 Å². The molecule has 0 bridgehead atoms. The SMILES string of the molecule is C[C@H](O)CN(C)C(=O)N[C@@H]1CCC[C@@H]2CN(Cc3ccccc3)C[C@@H]21. The topological polar surface area (TPSA) is 55.8 Å². The van der Waals surface area contributed by atoms with Crippen molar-refractivity contribution in [3.8, 4) is 0 Å². The normalized spacial score (nSPS) is 27.6. The third-order valence-corrected chi connectivity index (χ3v) is 5.62. The van der Waals surface area contributed by atoms with Gasteiger partial charge in [0.2, 0.25) is 0 Å². The first-order valence-corrected chi connectivity index (χ1v) is 9.49. The number of carbonyl (C=O) groups excluding carboxylic acids is 1. The number of likely N-dealkylation sites (tertiary alicyclic amines) is 1. The highest BCUT2D eigenvalue weighted by molar-refractivity contribution is 5.74. The van der Waals surface area contributed by atoms with Crippen LogP contribution in [0.1, 0.15) is 31.7 Å². The average molecular weight is 345 g/mol. The quantitative estimate of drug-likeness (QED) is 0.861. The van der Waals surface area contributed by atoms with Crippen molar-refractivity contribution < 1.29 is 9.90 Å². The van der Waals surface area contributed by atoms with Gasteiger partial charge in [0, 0.05) is 39.3 Å². The first-order valence-electron chi connectivity index (χ1n) is 9.49. The third-order valence-electron chi connectivity index (χ3n) is 5.62. The number of benzene rings is 1. The average Bonchev–Trinajstić information content (AvgIpc) is 2.98. The Labute approximate surface area is 151 Å². The summed E-state index contributed by atoms with van der Waals surface area (Å²) in [6.45, 7) is 5.27. The van der Waals surface area contributed by atoms with Crippen molar-refractivity contribution in [1.82, 2.24) is 15.1 Å². The van der Waals surface area contributed by atoms with E-state index in [2.05, 4.69) is 40.5 Å². The van der Waals surface area contributed by atoms with Crippen molar-refractivity contribution in [3.63, 3.8) is 0 Å². The number of hydrogen-bond donors (Lipinski definition) is 2. The molecule has 5 nitrogen and oxygen atoms in total. The number of amides is 2. The summed E-state index contributed by atoms with van der Waals surface area (Å²) in [4.78, 5) is 16.5. The zero-order valence-electron chi connectivity index (χ0n) is 15.4. The number of nitrogens with one attached hydrogen (secondary N) is 1. The second-order valence-electron chi connectivity index (χ2n) is 7.82. The lowest BCUT2D eigenvalue weighted by atomic mass is 9.78. The lowest BCUT2D eigenvalue weighted by molar-refractivity contribution is 0.136. The number of rotatable bonds is 5. The minimum absolute atomic E-state index is 0.0620. The van der Waals surface area contributed by atoms with E-state index in [1.165, 1.54) is 18.4 Å². The molecule has 25 heavy (non-hydrogen) atoms. The molecule has 1 heterocycles. The van der Waals surface area contributed by atoms with Gasteiger partial charge in [-0.15, -0.1) is 0 Å². The monoisotopic (exact) mass is 345 g/mol. The van der Waals surface area contributed by atoms with Gasteiger partial charge in [0.05, 0.1) is 6.10 Å². The Balaban J connectivity index is 1.57. The molecule has 2 fully saturated rings. The van der Waals surface area contributed by atoms with Crippen LogP contribution in [-0.4, -0.2) is 59.8 Å². The van der Waals surface area contributed by atoms with E-state index in [0.717, 1.165) is 26.1 Å². The van der Waals surface area contributed by atoms with Crippen LogP contribution in [0, 0.1) is 11.8 Å². The summed E-state index contributed by atoms with van der Waals surface area (Å²) in [6.07, 6.45) is 3.02. The van der Waals surface area contributed by atoms with Gasteiger partial charge in [0.15, 0.2) is 0 Å². The Bertz CT molecular complexity index is 563. The largest absolute Gasteiger partial charge is 0.392 e. The van der Waals surface area contributed by atoms with Crippen LogP contribution in [0.2, 0.25) is 0 Å². The second kappa shape index (κ2) is 8.19. The van der Waals surface area contributed by atoms with Gasteiger partial charge < -0.3 is 15.3 Å². The number of aliphatic hydroxyl groups is 1. The Morgan fingerprint density at radius 3 is 2.80 bits per heavy atom. The maximum Gasteiger partial charge on any atom is 0.317 e. The van der Waals surface area contributed by atoms with Crippen LogP contribution < -0.4 is 5.32 Å². The van der Waals surface area contributed by atoms with E-state index >= 15 is 0 Å². The van der Waals surface area contributed by atoms with E-state index in [4.69, 9.17) is 0 Å². The molecule has 3 rings (SSSR count). The van der Waals surface area contributed by atoms with Crippen molar-refractivity contribution in [2.24, 2.45) is 11.8 Å². The fourth-order valence-corrected chi connectivity index (χ4v) is 4.46. The van der Waals surface area contributed by atoms with E-state index in [9.17, 15) is 9.90 Å². The molecule has 1 saturated heterocycles. The summed E-state index contributed by atoms with van der Waals surface area (Å²) >= 11 is 0. The van der Waals surface area contributed by atoms with E-state index in [0.29, 0.717) is 18.4 Å².